The molecule has 0 saturated heterocycles. The van der Waals surface area contributed by atoms with Crippen molar-refractivity contribution in [3.63, 3.8) is 0 Å². The van der Waals surface area contributed by atoms with Crippen LogP contribution in [-0.4, -0.2) is 91.8 Å². The first kappa shape index (κ1) is 37.4. The Balaban J connectivity index is 1.77. The summed E-state index contributed by atoms with van der Waals surface area (Å²) in [6.45, 7) is 4.61. The first-order valence-electron chi connectivity index (χ1n) is 17.2. The number of carbonyl (C=O) groups is 2. The zero-order valence-corrected chi connectivity index (χ0v) is 28.8. The maximum atomic E-state index is 13.9. The summed E-state index contributed by atoms with van der Waals surface area (Å²) in [4.78, 5) is 29.6. The minimum absolute atomic E-state index is 0.00478. The van der Waals surface area contributed by atoms with Gasteiger partial charge in [0.2, 0.25) is 11.8 Å². The lowest BCUT2D eigenvalue weighted by Gasteiger charge is -2.34. The largest absolute Gasteiger partial charge is 0.390 e. The molecular weight excluding hydrogens is 590 g/mol. The van der Waals surface area contributed by atoms with E-state index in [-0.39, 0.29) is 29.8 Å². The number of carbonyl (C=O) groups excluding carboxylic acids is 2. The SMILES string of the molecule is CC(C)C[C@H](O)[C@H](O)[C@H](CC1CCCCC1)NC(=O)[C@H](CC1CC1)NC(=O)[C@H](Cc1ccccc1)CS(=O)(=O)CCCN(C)C. The second kappa shape index (κ2) is 18.4. The van der Waals surface area contributed by atoms with E-state index in [0.29, 0.717) is 44.1 Å². The molecule has 45 heavy (non-hydrogen) atoms. The molecule has 0 aliphatic heterocycles. The van der Waals surface area contributed by atoms with Gasteiger partial charge >= 0.3 is 0 Å². The van der Waals surface area contributed by atoms with E-state index in [9.17, 15) is 28.2 Å². The summed E-state index contributed by atoms with van der Waals surface area (Å²) >= 11 is 0. The first-order valence-corrected chi connectivity index (χ1v) is 19.0. The minimum Gasteiger partial charge on any atom is -0.390 e. The third-order valence-electron chi connectivity index (χ3n) is 9.27. The molecule has 3 rings (SSSR count). The summed E-state index contributed by atoms with van der Waals surface area (Å²) < 4.78 is 26.3. The van der Waals surface area contributed by atoms with E-state index < -0.39 is 46.0 Å². The fourth-order valence-electron chi connectivity index (χ4n) is 6.56. The highest BCUT2D eigenvalue weighted by molar-refractivity contribution is 7.91. The van der Waals surface area contributed by atoms with Crippen molar-refractivity contribution in [1.82, 2.24) is 15.5 Å². The summed E-state index contributed by atoms with van der Waals surface area (Å²) in [5, 5.41) is 28.0. The highest BCUT2D eigenvalue weighted by Gasteiger charge is 2.37. The molecule has 0 spiro atoms. The Bertz CT molecular complexity index is 1140. The Morgan fingerprint density at radius 1 is 0.911 bits per heavy atom. The molecule has 2 aliphatic carbocycles. The molecule has 0 bridgehead atoms. The third-order valence-corrected chi connectivity index (χ3v) is 11.1. The molecule has 2 amide bonds. The van der Waals surface area contributed by atoms with Crippen LogP contribution in [0.2, 0.25) is 0 Å². The minimum atomic E-state index is -3.52. The van der Waals surface area contributed by atoms with Crippen molar-refractivity contribution in [3.05, 3.63) is 35.9 Å². The van der Waals surface area contributed by atoms with Crippen molar-refractivity contribution in [2.45, 2.75) is 115 Å². The molecule has 10 heteroatoms. The lowest BCUT2D eigenvalue weighted by atomic mass is 9.82. The Morgan fingerprint density at radius 3 is 2.16 bits per heavy atom. The Morgan fingerprint density at radius 2 is 1.56 bits per heavy atom. The number of aliphatic hydroxyl groups excluding tert-OH is 2. The molecule has 2 saturated carbocycles. The standard InChI is InChI=1S/C35H59N3O6S/c1-25(2)20-32(39)33(40)30(22-27-14-9-6-10-15-27)36-35(42)31(23-28-16-17-28)37-34(41)29(21-26-12-7-5-8-13-26)24-45(43,44)19-11-18-38(3)4/h5,7-8,12-13,25,27-33,39-40H,6,9-11,14-24H2,1-4H3,(H,36,42)(H,37,41)/t29-,30+,31+,32+,33-/m1/s1. The Labute approximate surface area is 271 Å². The fraction of sp³-hybridized carbons (Fsp3) is 0.771. The molecule has 256 valence electrons. The van der Waals surface area contributed by atoms with E-state index >= 15 is 0 Å². The van der Waals surface area contributed by atoms with Crippen molar-refractivity contribution in [1.29, 1.82) is 0 Å². The maximum Gasteiger partial charge on any atom is 0.242 e. The van der Waals surface area contributed by atoms with Gasteiger partial charge in [0.25, 0.3) is 0 Å². The number of aliphatic hydroxyl groups is 2. The zero-order valence-electron chi connectivity index (χ0n) is 28.0. The molecule has 1 aromatic rings. The van der Waals surface area contributed by atoms with Crippen LogP contribution in [0.15, 0.2) is 30.3 Å². The first-order chi connectivity index (χ1) is 21.3. The molecule has 4 N–H and O–H groups in total. The average molecular weight is 650 g/mol. The van der Waals surface area contributed by atoms with Crippen LogP contribution in [0.3, 0.4) is 0 Å². The monoisotopic (exact) mass is 649 g/mol. The van der Waals surface area contributed by atoms with Crippen molar-refractivity contribution in [3.8, 4) is 0 Å². The molecule has 2 fully saturated rings. The van der Waals surface area contributed by atoms with Crippen LogP contribution < -0.4 is 10.6 Å². The molecular formula is C35H59N3O6S. The molecule has 0 radical (unpaired) electrons. The van der Waals surface area contributed by atoms with Crippen molar-refractivity contribution in [2.75, 3.05) is 32.1 Å². The van der Waals surface area contributed by atoms with Gasteiger partial charge in [0.15, 0.2) is 9.84 Å². The number of benzene rings is 1. The van der Waals surface area contributed by atoms with E-state index in [4.69, 9.17) is 0 Å². The van der Waals surface area contributed by atoms with Gasteiger partial charge in [0, 0.05) is 0 Å². The van der Waals surface area contributed by atoms with E-state index in [0.717, 1.165) is 44.1 Å². The number of hydrogen-bond acceptors (Lipinski definition) is 7. The molecule has 2 aliphatic rings. The molecule has 1 aromatic carbocycles. The summed E-state index contributed by atoms with van der Waals surface area (Å²) in [5.41, 5.74) is 0.860. The van der Waals surface area contributed by atoms with Crippen LogP contribution in [0.4, 0.5) is 0 Å². The van der Waals surface area contributed by atoms with Gasteiger partial charge in [0.05, 0.1) is 29.6 Å². The molecule has 0 aromatic heterocycles. The summed E-state index contributed by atoms with van der Waals surface area (Å²) in [5.74, 6) is -1.10. The Hall–Kier alpha value is -2.01. The normalized spacial score (nSPS) is 19.6. The van der Waals surface area contributed by atoms with Crippen molar-refractivity contribution in [2.24, 2.45) is 23.7 Å². The fourth-order valence-corrected chi connectivity index (χ4v) is 8.18. The highest BCUT2D eigenvalue weighted by Crippen LogP contribution is 2.34. The average Bonchev–Trinajstić information content (AvgIpc) is 3.80. The van der Waals surface area contributed by atoms with Crippen LogP contribution in [0.5, 0.6) is 0 Å². The molecule has 0 unspecified atom stereocenters. The van der Waals surface area contributed by atoms with Crippen molar-refractivity contribution >= 4 is 21.7 Å². The zero-order chi connectivity index (χ0) is 33.0. The topological polar surface area (TPSA) is 136 Å². The summed E-state index contributed by atoms with van der Waals surface area (Å²) in [6, 6.07) is 7.89. The highest BCUT2D eigenvalue weighted by atomic mass is 32.2. The lowest BCUT2D eigenvalue weighted by molar-refractivity contribution is -0.132. The summed E-state index contributed by atoms with van der Waals surface area (Å²) in [7, 11) is 0.268. The van der Waals surface area contributed by atoms with Crippen LogP contribution >= 0.6 is 0 Å². The number of hydrogen-bond donors (Lipinski definition) is 4. The van der Waals surface area contributed by atoms with Gasteiger partial charge in [-0.05, 0) is 76.1 Å². The second-order valence-corrected chi connectivity index (χ2v) is 16.7. The van der Waals surface area contributed by atoms with E-state index in [1.807, 2.05) is 63.2 Å². The van der Waals surface area contributed by atoms with Gasteiger partial charge in [-0.15, -0.1) is 0 Å². The maximum absolute atomic E-state index is 13.9. The van der Waals surface area contributed by atoms with Gasteiger partial charge < -0.3 is 25.7 Å². The molecule has 5 atom stereocenters. The Kier molecular flexibility index (Phi) is 15.3. The molecule has 9 nitrogen and oxygen atoms in total. The number of sulfone groups is 1. The van der Waals surface area contributed by atoms with E-state index in [1.165, 1.54) is 6.42 Å². The second-order valence-electron chi connectivity index (χ2n) is 14.4. The predicted octanol–water partition coefficient (Wildman–Crippen LogP) is 3.72. The number of amides is 2. The summed E-state index contributed by atoms with van der Waals surface area (Å²) in [6.07, 6.45) is 7.57. The third kappa shape index (κ3) is 14.1. The van der Waals surface area contributed by atoms with Gasteiger partial charge in [-0.3, -0.25) is 9.59 Å². The van der Waals surface area contributed by atoms with E-state index in [2.05, 4.69) is 10.6 Å². The molecule has 0 heterocycles. The lowest BCUT2D eigenvalue weighted by Crippen LogP contribution is -2.56. The van der Waals surface area contributed by atoms with E-state index in [1.54, 1.807) is 0 Å². The van der Waals surface area contributed by atoms with Gasteiger partial charge in [-0.2, -0.15) is 0 Å². The predicted molar refractivity (Wildman–Crippen MR) is 179 cm³/mol. The van der Waals surface area contributed by atoms with Gasteiger partial charge in [0.1, 0.15) is 12.1 Å². The number of nitrogens with zero attached hydrogens (tertiary/aromatic N) is 1. The number of nitrogens with one attached hydrogen (secondary N) is 2. The number of rotatable bonds is 20. The van der Waals surface area contributed by atoms with Crippen LogP contribution in [0, 0.1) is 23.7 Å². The van der Waals surface area contributed by atoms with Crippen LogP contribution in [-0.2, 0) is 25.8 Å². The van der Waals surface area contributed by atoms with Crippen LogP contribution in [0.1, 0.15) is 90.0 Å². The van der Waals surface area contributed by atoms with Crippen molar-refractivity contribution < 1.29 is 28.2 Å². The van der Waals surface area contributed by atoms with Gasteiger partial charge in [-0.1, -0.05) is 89.1 Å². The van der Waals surface area contributed by atoms with Gasteiger partial charge in [-0.25, -0.2) is 8.42 Å². The quantitative estimate of drug-likeness (QED) is 0.169. The van der Waals surface area contributed by atoms with Crippen LogP contribution in [0.25, 0.3) is 0 Å². The smallest absolute Gasteiger partial charge is 0.242 e.